The third-order valence-electron chi connectivity index (χ3n) is 5.55. The fraction of sp³-hybridized carbons (Fsp3) is 0.280. The van der Waals surface area contributed by atoms with E-state index in [1.54, 1.807) is 18.2 Å². The van der Waals surface area contributed by atoms with Crippen LogP contribution in [0.2, 0.25) is 0 Å². The van der Waals surface area contributed by atoms with Crippen molar-refractivity contribution in [1.29, 1.82) is 0 Å². The third-order valence-corrected chi connectivity index (χ3v) is 5.55. The third kappa shape index (κ3) is 5.39. The van der Waals surface area contributed by atoms with Gasteiger partial charge in [0.15, 0.2) is 17.1 Å². The van der Waals surface area contributed by atoms with Crippen molar-refractivity contribution >= 4 is 17.4 Å². The highest BCUT2D eigenvalue weighted by molar-refractivity contribution is 6.02. The van der Waals surface area contributed by atoms with E-state index in [1.165, 1.54) is 41.0 Å². The Morgan fingerprint density at radius 2 is 1.97 bits per heavy atom. The summed E-state index contributed by atoms with van der Waals surface area (Å²) >= 11 is 0. The molecule has 3 aromatic heterocycles. The Morgan fingerprint density at radius 1 is 1.16 bits per heavy atom. The molecule has 1 aliphatic heterocycles. The number of carbonyl (C=O) groups excluding carboxylic acids is 1. The molecule has 0 spiro atoms. The number of amides is 1. The van der Waals surface area contributed by atoms with Crippen LogP contribution in [0.25, 0.3) is 16.9 Å². The molecule has 192 valence electrons. The van der Waals surface area contributed by atoms with Gasteiger partial charge in [-0.05, 0) is 38.1 Å². The van der Waals surface area contributed by atoms with Crippen LogP contribution in [-0.4, -0.2) is 50.6 Å². The number of ether oxygens (including phenoxy) is 3. The number of hydrogen-bond donors (Lipinski definition) is 1. The number of halogens is 3. The molecular formula is C25H22F3N5O4. The summed E-state index contributed by atoms with van der Waals surface area (Å²) in [5.41, 5.74) is -0.573. The predicted octanol–water partition coefficient (Wildman–Crippen LogP) is 4.59. The lowest BCUT2D eigenvalue weighted by Crippen LogP contribution is -2.25. The van der Waals surface area contributed by atoms with Crippen molar-refractivity contribution in [1.82, 2.24) is 19.6 Å². The Balaban J connectivity index is 1.34. The van der Waals surface area contributed by atoms with Gasteiger partial charge in [0.05, 0.1) is 24.1 Å². The van der Waals surface area contributed by atoms with Crippen LogP contribution in [-0.2, 0) is 15.7 Å². The molecule has 0 aliphatic carbocycles. The van der Waals surface area contributed by atoms with Crippen LogP contribution in [0.4, 0.5) is 19.0 Å². The van der Waals surface area contributed by atoms with Gasteiger partial charge in [-0.15, -0.1) is 0 Å². The van der Waals surface area contributed by atoms with Crippen molar-refractivity contribution in [2.75, 3.05) is 18.5 Å². The van der Waals surface area contributed by atoms with Crippen molar-refractivity contribution in [3.63, 3.8) is 0 Å². The lowest BCUT2D eigenvalue weighted by Gasteiger charge is -2.17. The molecule has 1 saturated heterocycles. The van der Waals surface area contributed by atoms with Gasteiger partial charge in [0.2, 0.25) is 5.88 Å². The minimum absolute atomic E-state index is 0.0215. The van der Waals surface area contributed by atoms with Crippen molar-refractivity contribution in [2.45, 2.75) is 31.9 Å². The molecule has 9 nitrogen and oxygen atoms in total. The van der Waals surface area contributed by atoms with E-state index in [4.69, 9.17) is 14.2 Å². The van der Waals surface area contributed by atoms with Gasteiger partial charge in [-0.2, -0.15) is 23.3 Å². The van der Waals surface area contributed by atoms with Gasteiger partial charge in [-0.1, -0.05) is 24.3 Å². The van der Waals surface area contributed by atoms with Crippen LogP contribution in [0.15, 0.2) is 60.8 Å². The fourth-order valence-corrected chi connectivity index (χ4v) is 3.89. The monoisotopic (exact) mass is 513 g/mol. The Kier molecular flexibility index (Phi) is 6.30. The Bertz CT molecular complexity index is 1450. The minimum Gasteiger partial charge on any atom is -0.475 e. The quantitative estimate of drug-likeness (QED) is 0.403. The maximum absolute atomic E-state index is 13.5. The molecule has 1 atom stereocenters. The SMILES string of the molecule is CC1(C)OCC(COc2cccc(NC(=O)c3cnc4ccc(-c5ccccc5C(F)(F)F)nn34)n2)O1. The average molecular weight is 513 g/mol. The Labute approximate surface area is 209 Å². The highest BCUT2D eigenvalue weighted by atomic mass is 19.4. The number of benzene rings is 1. The number of carbonyl (C=O) groups is 1. The molecule has 37 heavy (non-hydrogen) atoms. The average Bonchev–Trinajstić information content (AvgIpc) is 3.44. The first-order valence-electron chi connectivity index (χ1n) is 11.3. The zero-order chi connectivity index (χ0) is 26.2. The highest BCUT2D eigenvalue weighted by Gasteiger charge is 2.34. The smallest absolute Gasteiger partial charge is 0.417 e. The maximum atomic E-state index is 13.5. The molecule has 1 N–H and O–H groups in total. The number of fused-ring (bicyclic) bond motifs is 1. The first-order valence-corrected chi connectivity index (χ1v) is 11.3. The summed E-state index contributed by atoms with van der Waals surface area (Å²) in [4.78, 5) is 21.4. The normalized spacial score (nSPS) is 17.2. The second-order valence-corrected chi connectivity index (χ2v) is 8.75. The molecule has 4 heterocycles. The standard InChI is InChI=1S/C25H22F3N5O4/c1-24(2)36-14-15(37-24)13-35-22-9-5-8-20(30-22)31-23(34)19-12-29-21-11-10-18(32-33(19)21)16-6-3-4-7-17(16)25(26,27)28/h3-12,15H,13-14H2,1-2H3,(H,30,31,34). The number of imidazole rings is 1. The van der Waals surface area contributed by atoms with Gasteiger partial charge in [0.25, 0.3) is 5.91 Å². The van der Waals surface area contributed by atoms with Crippen LogP contribution < -0.4 is 10.1 Å². The van der Waals surface area contributed by atoms with Crippen LogP contribution >= 0.6 is 0 Å². The van der Waals surface area contributed by atoms with Crippen LogP contribution in [0.5, 0.6) is 5.88 Å². The first kappa shape index (κ1) is 24.7. The summed E-state index contributed by atoms with van der Waals surface area (Å²) in [5.74, 6) is -0.790. The summed E-state index contributed by atoms with van der Waals surface area (Å²) < 4.78 is 58.6. The second kappa shape index (κ2) is 9.45. The number of nitrogens with zero attached hydrogens (tertiary/aromatic N) is 4. The number of nitrogens with one attached hydrogen (secondary N) is 1. The van der Waals surface area contributed by atoms with E-state index in [1.807, 2.05) is 13.8 Å². The molecule has 0 saturated carbocycles. The summed E-state index contributed by atoms with van der Waals surface area (Å²) in [6.45, 7) is 4.23. The highest BCUT2D eigenvalue weighted by Crippen LogP contribution is 2.36. The predicted molar refractivity (Wildman–Crippen MR) is 126 cm³/mol. The fourth-order valence-electron chi connectivity index (χ4n) is 3.89. The van der Waals surface area contributed by atoms with E-state index >= 15 is 0 Å². The zero-order valence-electron chi connectivity index (χ0n) is 19.8. The first-order chi connectivity index (χ1) is 17.6. The minimum atomic E-state index is -4.56. The molecule has 1 unspecified atom stereocenters. The zero-order valence-corrected chi connectivity index (χ0v) is 19.8. The number of alkyl halides is 3. The Morgan fingerprint density at radius 3 is 2.73 bits per heavy atom. The lowest BCUT2D eigenvalue weighted by atomic mass is 10.0. The number of hydrogen-bond acceptors (Lipinski definition) is 7. The van der Waals surface area contributed by atoms with Gasteiger partial charge in [0.1, 0.15) is 18.5 Å². The van der Waals surface area contributed by atoms with Crippen molar-refractivity contribution < 1.29 is 32.2 Å². The lowest BCUT2D eigenvalue weighted by molar-refractivity contribution is -0.141. The van der Waals surface area contributed by atoms with Gasteiger partial charge in [-0.3, -0.25) is 4.79 Å². The van der Waals surface area contributed by atoms with E-state index < -0.39 is 23.4 Å². The molecule has 4 aromatic rings. The molecule has 0 radical (unpaired) electrons. The summed E-state index contributed by atoms with van der Waals surface area (Å²) in [7, 11) is 0. The van der Waals surface area contributed by atoms with Gasteiger partial charge >= 0.3 is 6.18 Å². The number of aromatic nitrogens is 4. The largest absolute Gasteiger partial charge is 0.475 e. The summed E-state index contributed by atoms with van der Waals surface area (Å²) in [6.07, 6.45) is -3.53. The Hall–Kier alpha value is -4.03. The molecule has 1 aliphatic rings. The summed E-state index contributed by atoms with van der Waals surface area (Å²) in [6, 6.07) is 12.9. The van der Waals surface area contributed by atoms with Crippen LogP contribution in [0, 0.1) is 0 Å². The maximum Gasteiger partial charge on any atom is 0.417 e. The molecular weight excluding hydrogens is 491 g/mol. The number of rotatable bonds is 6. The molecule has 12 heteroatoms. The van der Waals surface area contributed by atoms with Gasteiger partial charge < -0.3 is 19.5 Å². The van der Waals surface area contributed by atoms with E-state index in [-0.39, 0.29) is 41.4 Å². The molecule has 1 amide bonds. The van der Waals surface area contributed by atoms with E-state index in [0.29, 0.717) is 12.3 Å². The second-order valence-electron chi connectivity index (χ2n) is 8.75. The molecule has 1 fully saturated rings. The van der Waals surface area contributed by atoms with E-state index in [0.717, 1.165) is 6.07 Å². The number of pyridine rings is 1. The molecule has 1 aromatic carbocycles. The topological polar surface area (TPSA) is 99.9 Å². The van der Waals surface area contributed by atoms with Crippen molar-refractivity contribution in [2.24, 2.45) is 0 Å². The number of anilines is 1. The van der Waals surface area contributed by atoms with E-state index in [2.05, 4.69) is 20.4 Å². The molecule has 0 bridgehead atoms. The van der Waals surface area contributed by atoms with Gasteiger partial charge in [0, 0.05) is 11.6 Å². The van der Waals surface area contributed by atoms with E-state index in [9.17, 15) is 18.0 Å². The van der Waals surface area contributed by atoms with Crippen molar-refractivity contribution in [3.05, 3.63) is 72.1 Å². The van der Waals surface area contributed by atoms with Gasteiger partial charge in [-0.25, -0.2) is 9.50 Å². The molecule has 5 rings (SSSR count). The van der Waals surface area contributed by atoms with Crippen molar-refractivity contribution in [3.8, 4) is 17.1 Å². The van der Waals surface area contributed by atoms with Crippen LogP contribution in [0.3, 0.4) is 0 Å². The summed E-state index contributed by atoms with van der Waals surface area (Å²) in [5, 5.41) is 6.91. The van der Waals surface area contributed by atoms with Crippen LogP contribution in [0.1, 0.15) is 29.9 Å².